The Morgan fingerprint density at radius 1 is 1.50 bits per heavy atom. The molecule has 6 nitrogen and oxygen atoms in total. The second kappa shape index (κ2) is 7.06. The van der Waals surface area contributed by atoms with Crippen molar-refractivity contribution in [1.82, 2.24) is 4.90 Å². The van der Waals surface area contributed by atoms with E-state index in [4.69, 9.17) is 9.88 Å². The SMILES string of the molecule is CCC[C@H]1COCCN1C(=O)CCCS(N)(=O)=O. The van der Waals surface area contributed by atoms with E-state index in [1.807, 2.05) is 4.90 Å². The number of hydrogen-bond acceptors (Lipinski definition) is 4. The van der Waals surface area contributed by atoms with Gasteiger partial charge in [0.25, 0.3) is 0 Å². The number of morpholine rings is 1. The first-order valence-corrected chi connectivity index (χ1v) is 8.03. The first kappa shape index (κ1) is 15.4. The Morgan fingerprint density at radius 3 is 2.83 bits per heavy atom. The largest absolute Gasteiger partial charge is 0.377 e. The zero-order valence-corrected chi connectivity index (χ0v) is 11.6. The maximum absolute atomic E-state index is 12.0. The summed E-state index contributed by atoms with van der Waals surface area (Å²) < 4.78 is 26.9. The fraction of sp³-hybridized carbons (Fsp3) is 0.909. The molecule has 18 heavy (non-hydrogen) atoms. The summed E-state index contributed by atoms with van der Waals surface area (Å²) in [5, 5.41) is 4.90. The van der Waals surface area contributed by atoms with Crippen LogP contribution in [-0.4, -0.2) is 50.8 Å². The molecule has 0 aromatic rings. The van der Waals surface area contributed by atoms with Gasteiger partial charge in [0.05, 0.1) is 25.0 Å². The van der Waals surface area contributed by atoms with Crippen molar-refractivity contribution in [1.29, 1.82) is 0 Å². The van der Waals surface area contributed by atoms with E-state index in [0.717, 1.165) is 12.8 Å². The van der Waals surface area contributed by atoms with E-state index in [0.29, 0.717) is 19.8 Å². The first-order valence-electron chi connectivity index (χ1n) is 6.31. The molecule has 1 heterocycles. The number of carbonyl (C=O) groups excluding carboxylic acids is 1. The smallest absolute Gasteiger partial charge is 0.223 e. The quantitative estimate of drug-likeness (QED) is 0.745. The summed E-state index contributed by atoms with van der Waals surface area (Å²) in [5.74, 6) is -0.137. The van der Waals surface area contributed by atoms with Crippen LogP contribution in [0.1, 0.15) is 32.6 Å². The van der Waals surface area contributed by atoms with Crippen LogP contribution < -0.4 is 5.14 Å². The zero-order chi connectivity index (χ0) is 13.6. The van der Waals surface area contributed by atoms with Gasteiger partial charge in [-0.15, -0.1) is 0 Å². The monoisotopic (exact) mass is 278 g/mol. The van der Waals surface area contributed by atoms with Crippen molar-refractivity contribution in [2.45, 2.75) is 38.6 Å². The molecule has 0 saturated carbocycles. The number of carbonyl (C=O) groups is 1. The number of rotatable bonds is 6. The lowest BCUT2D eigenvalue weighted by Gasteiger charge is -2.35. The highest BCUT2D eigenvalue weighted by Gasteiger charge is 2.26. The second-order valence-corrected chi connectivity index (χ2v) is 6.31. The highest BCUT2D eigenvalue weighted by atomic mass is 32.2. The van der Waals surface area contributed by atoms with E-state index in [1.54, 1.807) is 0 Å². The van der Waals surface area contributed by atoms with E-state index in [2.05, 4.69) is 6.92 Å². The first-order chi connectivity index (χ1) is 8.44. The molecule has 0 aromatic carbocycles. The van der Waals surface area contributed by atoms with Gasteiger partial charge >= 0.3 is 0 Å². The lowest BCUT2D eigenvalue weighted by atomic mass is 10.1. The van der Waals surface area contributed by atoms with Crippen LogP contribution in [0.15, 0.2) is 0 Å². The molecule has 1 rings (SSSR count). The summed E-state index contributed by atoms with van der Waals surface area (Å²) in [7, 11) is -3.47. The van der Waals surface area contributed by atoms with Crippen molar-refractivity contribution in [3.63, 3.8) is 0 Å². The van der Waals surface area contributed by atoms with Crippen LogP contribution in [0, 0.1) is 0 Å². The van der Waals surface area contributed by atoms with Gasteiger partial charge < -0.3 is 9.64 Å². The van der Waals surface area contributed by atoms with Gasteiger partial charge in [-0.25, -0.2) is 13.6 Å². The molecule has 1 aliphatic heterocycles. The van der Waals surface area contributed by atoms with Crippen LogP contribution in [0.3, 0.4) is 0 Å². The molecule has 1 aliphatic rings. The topological polar surface area (TPSA) is 89.7 Å². The van der Waals surface area contributed by atoms with Crippen molar-refractivity contribution < 1.29 is 17.9 Å². The molecule has 7 heteroatoms. The van der Waals surface area contributed by atoms with Gasteiger partial charge in [0, 0.05) is 13.0 Å². The second-order valence-electron chi connectivity index (χ2n) is 4.58. The van der Waals surface area contributed by atoms with E-state index in [1.165, 1.54) is 0 Å². The molecular weight excluding hydrogens is 256 g/mol. The Hall–Kier alpha value is -0.660. The van der Waals surface area contributed by atoms with Gasteiger partial charge in [-0.1, -0.05) is 13.3 Å². The summed E-state index contributed by atoms with van der Waals surface area (Å²) in [6.45, 7) is 3.80. The van der Waals surface area contributed by atoms with Crippen LogP contribution in [-0.2, 0) is 19.6 Å². The lowest BCUT2D eigenvalue weighted by molar-refractivity contribution is -0.140. The number of nitrogens with two attached hydrogens (primary N) is 1. The minimum absolute atomic E-state index is 0.000370. The van der Waals surface area contributed by atoms with Crippen LogP contribution >= 0.6 is 0 Å². The molecule has 0 unspecified atom stereocenters. The van der Waals surface area contributed by atoms with E-state index >= 15 is 0 Å². The number of nitrogens with zero attached hydrogens (tertiary/aromatic N) is 1. The van der Waals surface area contributed by atoms with Crippen molar-refractivity contribution in [2.24, 2.45) is 5.14 Å². The lowest BCUT2D eigenvalue weighted by Crippen LogP contribution is -2.48. The minimum atomic E-state index is -3.47. The van der Waals surface area contributed by atoms with Gasteiger partial charge in [-0.2, -0.15) is 0 Å². The summed E-state index contributed by atoms with van der Waals surface area (Å²) in [6, 6.07) is 0.130. The molecule has 1 fully saturated rings. The number of amides is 1. The molecule has 0 aliphatic carbocycles. The third-order valence-electron chi connectivity index (χ3n) is 2.99. The average Bonchev–Trinajstić information content (AvgIpc) is 2.28. The third kappa shape index (κ3) is 5.32. The maximum Gasteiger partial charge on any atom is 0.223 e. The Bertz CT molecular complexity index is 367. The van der Waals surface area contributed by atoms with Crippen LogP contribution in [0.4, 0.5) is 0 Å². The molecule has 2 N–H and O–H groups in total. The molecule has 0 bridgehead atoms. The fourth-order valence-corrected chi connectivity index (χ4v) is 2.67. The van der Waals surface area contributed by atoms with Crippen LogP contribution in [0.2, 0.25) is 0 Å². The molecule has 1 saturated heterocycles. The molecule has 0 spiro atoms. The zero-order valence-electron chi connectivity index (χ0n) is 10.8. The van der Waals surface area contributed by atoms with Gasteiger partial charge in [-0.05, 0) is 12.8 Å². The molecular formula is C11H22N2O4S. The Labute approximate surface area is 109 Å². The Balaban J connectivity index is 2.43. The standard InChI is InChI=1S/C11H22N2O4S/c1-2-4-10-9-17-7-6-13(10)11(14)5-3-8-18(12,15)16/h10H,2-9H2,1H3,(H2,12,15,16)/t10-/m0/s1. The summed E-state index contributed by atoms with van der Waals surface area (Å²) >= 11 is 0. The van der Waals surface area contributed by atoms with Gasteiger partial charge in [0.15, 0.2) is 0 Å². The van der Waals surface area contributed by atoms with Crippen LogP contribution in [0.5, 0.6) is 0 Å². The van der Waals surface area contributed by atoms with Crippen LogP contribution in [0.25, 0.3) is 0 Å². The van der Waals surface area contributed by atoms with E-state index in [9.17, 15) is 13.2 Å². The Kier molecular flexibility index (Phi) is 6.04. The van der Waals surface area contributed by atoms with Gasteiger partial charge in [0.1, 0.15) is 0 Å². The molecule has 106 valence electrons. The molecule has 0 radical (unpaired) electrons. The Morgan fingerprint density at radius 2 is 2.22 bits per heavy atom. The van der Waals surface area contributed by atoms with E-state index < -0.39 is 10.0 Å². The van der Waals surface area contributed by atoms with Gasteiger partial charge in [0.2, 0.25) is 15.9 Å². The predicted octanol–water partition coefficient (Wildman–Crippen LogP) is 0.0826. The van der Waals surface area contributed by atoms with Crippen molar-refractivity contribution in [3.05, 3.63) is 0 Å². The average molecular weight is 278 g/mol. The summed E-state index contributed by atoms with van der Waals surface area (Å²) in [4.78, 5) is 13.8. The molecule has 1 amide bonds. The third-order valence-corrected chi connectivity index (χ3v) is 3.85. The summed E-state index contributed by atoms with van der Waals surface area (Å²) in [5.41, 5.74) is 0. The van der Waals surface area contributed by atoms with Crippen molar-refractivity contribution in [2.75, 3.05) is 25.5 Å². The van der Waals surface area contributed by atoms with Crippen molar-refractivity contribution >= 4 is 15.9 Å². The molecule has 0 aromatic heterocycles. The number of sulfonamides is 1. The minimum Gasteiger partial charge on any atom is -0.377 e. The highest BCUT2D eigenvalue weighted by molar-refractivity contribution is 7.89. The number of hydrogen-bond donors (Lipinski definition) is 1. The summed E-state index contributed by atoms with van der Waals surface area (Å²) in [6.07, 6.45) is 2.43. The molecule has 1 atom stereocenters. The van der Waals surface area contributed by atoms with E-state index in [-0.39, 0.29) is 30.5 Å². The maximum atomic E-state index is 12.0. The number of ether oxygens (including phenoxy) is 1. The number of primary sulfonamides is 1. The fourth-order valence-electron chi connectivity index (χ4n) is 2.12. The normalized spacial score (nSPS) is 21.0. The van der Waals surface area contributed by atoms with Gasteiger partial charge in [-0.3, -0.25) is 4.79 Å². The predicted molar refractivity (Wildman–Crippen MR) is 68.4 cm³/mol. The highest BCUT2D eigenvalue weighted by Crippen LogP contribution is 2.14. The van der Waals surface area contributed by atoms with Crippen molar-refractivity contribution in [3.8, 4) is 0 Å².